The highest BCUT2D eigenvalue weighted by Gasteiger charge is 2.49. The summed E-state index contributed by atoms with van der Waals surface area (Å²) in [4.78, 5) is 20.1. The third-order valence-electron chi connectivity index (χ3n) is 4.67. The fraction of sp³-hybridized carbons (Fsp3) is 0.867. The van der Waals surface area contributed by atoms with Crippen LogP contribution in [0.2, 0.25) is 0 Å². The fourth-order valence-electron chi connectivity index (χ4n) is 2.94. The molecular formula is C15H25N3O5S. The van der Waals surface area contributed by atoms with Crippen LogP contribution in [-0.4, -0.2) is 93.8 Å². The smallest absolute Gasteiger partial charge is 0.409 e. The van der Waals surface area contributed by atoms with Crippen LogP contribution in [0.25, 0.3) is 0 Å². The van der Waals surface area contributed by atoms with Crippen LogP contribution in [0.15, 0.2) is 4.99 Å². The van der Waals surface area contributed by atoms with Crippen molar-refractivity contribution in [2.45, 2.75) is 50.1 Å². The van der Waals surface area contributed by atoms with Gasteiger partial charge in [-0.1, -0.05) is 11.8 Å². The highest BCUT2D eigenvalue weighted by molar-refractivity contribution is 8.14. The van der Waals surface area contributed by atoms with Gasteiger partial charge in [-0.15, -0.1) is 0 Å². The Bertz CT molecular complexity index is 498. The summed E-state index contributed by atoms with van der Waals surface area (Å²) in [6.07, 6.45) is -2.20. The molecule has 1 amide bonds. The first-order valence-electron chi connectivity index (χ1n) is 8.47. The van der Waals surface area contributed by atoms with E-state index in [-0.39, 0.29) is 12.0 Å². The van der Waals surface area contributed by atoms with E-state index < -0.39 is 30.4 Å². The predicted octanol–water partition coefficient (Wildman–Crippen LogP) is 0.0886. The number of likely N-dealkylation sites (tertiary alicyclic amines) is 1. The highest BCUT2D eigenvalue weighted by atomic mass is 32.2. The summed E-state index contributed by atoms with van der Waals surface area (Å²) in [5, 5.41) is 21.5. The number of aliphatic imine (C=N–C) groups is 1. The summed E-state index contributed by atoms with van der Waals surface area (Å²) in [5.74, 6) is 0. The molecule has 0 saturated carbocycles. The van der Waals surface area contributed by atoms with Crippen LogP contribution in [0.4, 0.5) is 4.79 Å². The number of ether oxygens (including phenoxy) is 2. The van der Waals surface area contributed by atoms with Crippen molar-refractivity contribution in [2.24, 2.45) is 4.99 Å². The van der Waals surface area contributed by atoms with Gasteiger partial charge in [0.1, 0.15) is 36.4 Å². The minimum absolute atomic E-state index is 0.0869. The van der Waals surface area contributed by atoms with Crippen molar-refractivity contribution >= 4 is 23.0 Å². The summed E-state index contributed by atoms with van der Waals surface area (Å²) >= 11 is 1.47. The third-order valence-corrected chi connectivity index (χ3v) is 5.87. The summed E-state index contributed by atoms with van der Waals surface area (Å²) < 4.78 is 11.1. The van der Waals surface area contributed by atoms with Crippen LogP contribution < -0.4 is 0 Å². The van der Waals surface area contributed by atoms with Crippen molar-refractivity contribution in [3.63, 3.8) is 0 Å². The quantitative estimate of drug-likeness (QED) is 0.734. The number of amides is 1. The first-order valence-corrected chi connectivity index (χ1v) is 9.35. The maximum atomic E-state index is 11.9. The van der Waals surface area contributed by atoms with Gasteiger partial charge in [0, 0.05) is 26.2 Å². The lowest BCUT2D eigenvalue weighted by Gasteiger charge is -2.38. The molecule has 0 aliphatic carbocycles. The molecule has 2 saturated heterocycles. The van der Waals surface area contributed by atoms with Gasteiger partial charge in [-0.2, -0.15) is 0 Å². The lowest BCUT2D eigenvalue weighted by atomic mass is 9.99. The lowest BCUT2D eigenvalue weighted by molar-refractivity contribution is -0.165. The molecule has 2 N–H and O–H groups in total. The Morgan fingerprint density at radius 3 is 2.67 bits per heavy atom. The van der Waals surface area contributed by atoms with Gasteiger partial charge in [0.15, 0.2) is 5.17 Å². The van der Waals surface area contributed by atoms with Crippen LogP contribution in [0, 0.1) is 0 Å². The van der Waals surface area contributed by atoms with Crippen molar-refractivity contribution in [2.75, 3.05) is 32.8 Å². The van der Waals surface area contributed by atoms with Crippen LogP contribution in [0.1, 0.15) is 20.3 Å². The normalized spacial score (nSPS) is 35.1. The van der Waals surface area contributed by atoms with Gasteiger partial charge in [0.25, 0.3) is 0 Å². The summed E-state index contributed by atoms with van der Waals surface area (Å²) in [7, 11) is 0. The molecule has 3 heterocycles. The van der Waals surface area contributed by atoms with Crippen molar-refractivity contribution in [3.8, 4) is 0 Å². The van der Waals surface area contributed by atoms with E-state index in [2.05, 4.69) is 9.89 Å². The van der Waals surface area contributed by atoms with Gasteiger partial charge < -0.3 is 29.5 Å². The fourth-order valence-corrected chi connectivity index (χ4v) is 4.22. The van der Waals surface area contributed by atoms with Crippen LogP contribution >= 0.6 is 11.8 Å². The van der Waals surface area contributed by atoms with Gasteiger partial charge >= 0.3 is 6.09 Å². The number of amidine groups is 1. The Morgan fingerprint density at radius 2 is 2.08 bits per heavy atom. The summed E-state index contributed by atoms with van der Waals surface area (Å²) in [6.45, 7) is 6.70. The lowest BCUT2D eigenvalue weighted by Crippen LogP contribution is -2.56. The standard InChI is InChI=1S/C15H25N3O5S/c1-3-17(4-2)15(21)22-8-9-11(19)12(20)10-13(23-9)24-14(16-10)18-6-5-7-18/h9-13,19-20H,3-8H2,1-2H3/t9-,10-,11+,12-,13-/m1/s1. The number of fused-ring (bicyclic) bond motifs is 1. The van der Waals surface area contributed by atoms with Gasteiger partial charge in [-0.3, -0.25) is 4.99 Å². The molecule has 0 spiro atoms. The molecular weight excluding hydrogens is 334 g/mol. The number of aliphatic hydroxyl groups excluding tert-OH is 2. The second kappa shape index (κ2) is 7.47. The zero-order chi connectivity index (χ0) is 17.3. The largest absolute Gasteiger partial charge is 0.447 e. The SMILES string of the molecule is CCN(CC)C(=O)OC[C@H]1O[C@@H]2SC(N3CCC3)=N[C@@H]2[C@@H](O)[C@H]1O. The number of hydrogen-bond acceptors (Lipinski definition) is 8. The zero-order valence-electron chi connectivity index (χ0n) is 14.0. The van der Waals surface area contributed by atoms with Crippen molar-refractivity contribution < 1.29 is 24.5 Å². The Balaban J connectivity index is 1.57. The Morgan fingerprint density at radius 1 is 1.38 bits per heavy atom. The molecule has 0 unspecified atom stereocenters. The molecule has 8 nitrogen and oxygen atoms in total. The molecule has 3 aliphatic heterocycles. The van der Waals surface area contributed by atoms with Gasteiger partial charge in [0.05, 0.1) is 0 Å². The third kappa shape index (κ3) is 3.35. The molecule has 3 aliphatic rings. The van der Waals surface area contributed by atoms with E-state index in [4.69, 9.17) is 9.47 Å². The second-order valence-corrected chi connectivity index (χ2v) is 7.20. The number of nitrogens with zero attached hydrogens (tertiary/aromatic N) is 3. The molecule has 9 heteroatoms. The molecule has 3 rings (SSSR count). The van der Waals surface area contributed by atoms with Crippen LogP contribution in [-0.2, 0) is 9.47 Å². The molecule has 5 atom stereocenters. The number of rotatable bonds is 4. The van der Waals surface area contributed by atoms with Crippen molar-refractivity contribution in [1.29, 1.82) is 0 Å². The monoisotopic (exact) mass is 359 g/mol. The van der Waals surface area contributed by atoms with Gasteiger partial charge in [0.2, 0.25) is 0 Å². The number of thioether (sulfide) groups is 1. The maximum Gasteiger partial charge on any atom is 0.409 e. The van der Waals surface area contributed by atoms with Crippen molar-refractivity contribution in [3.05, 3.63) is 0 Å². The molecule has 0 aromatic heterocycles. The van der Waals surface area contributed by atoms with Gasteiger partial charge in [-0.25, -0.2) is 4.79 Å². The van der Waals surface area contributed by atoms with Crippen LogP contribution in [0.5, 0.6) is 0 Å². The number of hydrogen-bond donors (Lipinski definition) is 2. The Kier molecular flexibility index (Phi) is 5.53. The summed E-state index contributed by atoms with van der Waals surface area (Å²) in [5.41, 5.74) is -0.351. The Hall–Kier alpha value is -1.03. The Labute approximate surface area is 145 Å². The average Bonchev–Trinajstić information content (AvgIpc) is 2.92. The zero-order valence-corrected chi connectivity index (χ0v) is 14.8. The molecule has 0 aromatic rings. The predicted molar refractivity (Wildman–Crippen MR) is 89.9 cm³/mol. The number of aliphatic hydroxyl groups is 2. The first kappa shape index (κ1) is 17.8. The number of carbonyl (C=O) groups is 1. The molecule has 0 bridgehead atoms. The maximum absolute atomic E-state index is 11.9. The van der Waals surface area contributed by atoms with E-state index in [1.165, 1.54) is 11.8 Å². The molecule has 136 valence electrons. The van der Waals surface area contributed by atoms with E-state index in [9.17, 15) is 15.0 Å². The second-order valence-electron chi connectivity index (χ2n) is 6.13. The first-order chi connectivity index (χ1) is 11.5. The average molecular weight is 359 g/mol. The van der Waals surface area contributed by atoms with Crippen molar-refractivity contribution in [1.82, 2.24) is 9.80 Å². The molecule has 24 heavy (non-hydrogen) atoms. The van der Waals surface area contributed by atoms with E-state index >= 15 is 0 Å². The van der Waals surface area contributed by atoms with Crippen LogP contribution in [0.3, 0.4) is 0 Å². The summed E-state index contributed by atoms with van der Waals surface area (Å²) in [6, 6.07) is -0.477. The van der Waals surface area contributed by atoms with Gasteiger partial charge in [-0.05, 0) is 20.3 Å². The molecule has 0 radical (unpaired) electrons. The minimum Gasteiger partial charge on any atom is -0.447 e. The van der Waals surface area contributed by atoms with E-state index in [1.54, 1.807) is 4.90 Å². The number of carbonyl (C=O) groups excluding carboxylic acids is 1. The minimum atomic E-state index is -1.13. The molecule has 2 fully saturated rings. The van der Waals surface area contributed by atoms with E-state index in [0.29, 0.717) is 13.1 Å². The highest BCUT2D eigenvalue weighted by Crippen LogP contribution is 2.38. The molecule has 0 aromatic carbocycles. The topological polar surface area (TPSA) is 94.8 Å². The van der Waals surface area contributed by atoms with E-state index in [1.807, 2.05) is 13.8 Å². The van der Waals surface area contributed by atoms with E-state index in [0.717, 1.165) is 24.7 Å².